The van der Waals surface area contributed by atoms with Gasteiger partial charge < -0.3 is 16.4 Å². The van der Waals surface area contributed by atoms with E-state index >= 15 is 0 Å². The van der Waals surface area contributed by atoms with Crippen molar-refractivity contribution in [2.75, 3.05) is 11.9 Å². The van der Waals surface area contributed by atoms with Gasteiger partial charge in [-0.2, -0.15) is 0 Å². The minimum absolute atomic E-state index is 0.0338. The van der Waals surface area contributed by atoms with Gasteiger partial charge in [-0.3, -0.25) is 4.79 Å². The average molecular weight is 285 g/mol. The maximum absolute atomic E-state index is 13.8. The zero-order valence-corrected chi connectivity index (χ0v) is 10.8. The molecule has 0 saturated carbocycles. The van der Waals surface area contributed by atoms with E-state index in [9.17, 15) is 13.6 Å². The molecular weight excluding hydrogens is 272 g/mol. The molecule has 1 aromatic rings. The zero-order valence-electron chi connectivity index (χ0n) is 10.0. The summed E-state index contributed by atoms with van der Waals surface area (Å²) in [5.41, 5.74) is 5.21. The van der Waals surface area contributed by atoms with Crippen molar-refractivity contribution in [2.24, 2.45) is 5.73 Å². The Labute approximate surface area is 114 Å². The van der Waals surface area contributed by atoms with E-state index in [0.717, 1.165) is 0 Å². The number of rotatable bonds is 3. The van der Waals surface area contributed by atoms with Crippen molar-refractivity contribution in [2.45, 2.75) is 18.9 Å². The molecule has 1 aliphatic heterocycles. The van der Waals surface area contributed by atoms with Gasteiger partial charge in [0, 0.05) is 24.6 Å². The number of amides is 1. The van der Waals surface area contributed by atoms with Crippen LogP contribution in [0.1, 0.15) is 18.4 Å². The molecule has 0 aromatic heterocycles. The predicted molar refractivity (Wildman–Crippen MR) is 71.9 cm³/mol. The molecule has 1 atom stereocenters. The van der Waals surface area contributed by atoms with Crippen LogP contribution >= 0.6 is 12.2 Å². The highest BCUT2D eigenvalue weighted by Crippen LogP contribution is 2.22. The lowest BCUT2D eigenvalue weighted by atomic mass is 10.1. The number of hydrogen-bond donors (Lipinski definition) is 3. The number of nitrogens with two attached hydrogens (primary N) is 1. The highest BCUT2D eigenvalue weighted by Gasteiger charge is 2.21. The van der Waals surface area contributed by atoms with Gasteiger partial charge in [0.2, 0.25) is 5.91 Å². The number of piperidine rings is 1. The van der Waals surface area contributed by atoms with Gasteiger partial charge in [0.05, 0.1) is 5.69 Å². The molecule has 1 aromatic carbocycles. The third kappa shape index (κ3) is 2.98. The summed E-state index contributed by atoms with van der Waals surface area (Å²) in [6.45, 7) is 0.386. The fraction of sp³-hybridized carbons (Fsp3) is 0.333. The number of thiocarbonyl (C=S) groups is 1. The topological polar surface area (TPSA) is 67.1 Å². The van der Waals surface area contributed by atoms with Gasteiger partial charge in [-0.15, -0.1) is 0 Å². The molecule has 1 aliphatic rings. The average Bonchev–Trinajstić information content (AvgIpc) is 2.37. The summed E-state index contributed by atoms with van der Waals surface area (Å²) in [5.74, 6) is -2.10. The van der Waals surface area contributed by atoms with Gasteiger partial charge >= 0.3 is 0 Å². The summed E-state index contributed by atoms with van der Waals surface area (Å²) in [4.78, 5) is 10.8. The van der Waals surface area contributed by atoms with E-state index in [1.165, 1.54) is 12.1 Å². The maximum Gasteiger partial charge on any atom is 0.220 e. The standard InChI is InChI=1S/C12H13F2N3OS/c13-10-7(12(15)19)2-3-8(11(10)14)17-6-1-4-9(18)16-5-6/h2-3,6,17H,1,4-5H2,(H2,15,19)(H,16,18). The molecule has 0 spiro atoms. The Morgan fingerprint density at radius 3 is 2.74 bits per heavy atom. The lowest BCUT2D eigenvalue weighted by Gasteiger charge is -2.24. The zero-order chi connectivity index (χ0) is 14.0. The number of carbonyl (C=O) groups is 1. The van der Waals surface area contributed by atoms with Crippen molar-refractivity contribution in [1.82, 2.24) is 5.32 Å². The molecule has 1 heterocycles. The smallest absolute Gasteiger partial charge is 0.220 e. The highest BCUT2D eigenvalue weighted by atomic mass is 32.1. The molecule has 102 valence electrons. The van der Waals surface area contributed by atoms with Gasteiger partial charge in [-0.1, -0.05) is 12.2 Å². The summed E-state index contributed by atoms with van der Waals surface area (Å²) in [5, 5.41) is 5.52. The quantitative estimate of drug-likeness (QED) is 0.732. The van der Waals surface area contributed by atoms with Crippen LogP contribution in [0.25, 0.3) is 0 Å². The SMILES string of the molecule is NC(=S)c1ccc(NC2CCC(=O)NC2)c(F)c1F. The van der Waals surface area contributed by atoms with Crippen molar-refractivity contribution < 1.29 is 13.6 Å². The van der Waals surface area contributed by atoms with Crippen LogP contribution in [0, 0.1) is 11.6 Å². The summed E-state index contributed by atoms with van der Waals surface area (Å²) in [6.07, 6.45) is 0.941. The van der Waals surface area contributed by atoms with Gasteiger partial charge in [-0.05, 0) is 18.6 Å². The van der Waals surface area contributed by atoms with Crippen molar-refractivity contribution in [3.8, 4) is 0 Å². The third-order valence-corrected chi connectivity index (χ3v) is 3.19. The van der Waals surface area contributed by atoms with Gasteiger partial charge in [0.15, 0.2) is 11.6 Å². The number of hydrogen-bond acceptors (Lipinski definition) is 3. The summed E-state index contributed by atoms with van der Waals surface area (Å²) in [7, 11) is 0. The van der Waals surface area contributed by atoms with E-state index in [1.807, 2.05) is 0 Å². The molecule has 1 saturated heterocycles. The number of nitrogens with one attached hydrogen (secondary N) is 2. The summed E-state index contributed by atoms with van der Waals surface area (Å²) >= 11 is 4.63. The Balaban J connectivity index is 2.15. The normalized spacial score (nSPS) is 18.8. The van der Waals surface area contributed by atoms with Gasteiger partial charge in [0.1, 0.15) is 4.99 Å². The van der Waals surface area contributed by atoms with Crippen LogP contribution < -0.4 is 16.4 Å². The molecule has 4 nitrogen and oxygen atoms in total. The van der Waals surface area contributed by atoms with E-state index in [4.69, 9.17) is 5.73 Å². The van der Waals surface area contributed by atoms with Crippen LogP contribution in [0.15, 0.2) is 12.1 Å². The number of benzene rings is 1. The molecule has 1 amide bonds. The van der Waals surface area contributed by atoms with Gasteiger partial charge in [-0.25, -0.2) is 8.78 Å². The largest absolute Gasteiger partial charge is 0.389 e. The molecule has 4 N–H and O–H groups in total. The Morgan fingerprint density at radius 1 is 1.42 bits per heavy atom. The van der Waals surface area contributed by atoms with Crippen molar-refractivity contribution in [1.29, 1.82) is 0 Å². The molecule has 0 aliphatic carbocycles. The summed E-state index contributed by atoms with van der Waals surface area (Å²) in [6, 6.07) is 2.61. The number of anilines is 1. The number of carbonyl (C=O) groups excluding carboxylic acids is 1. The van der Waals surface area contributed by atoms with Crippen LogP contribution in [0.2, 0.25) is 0 Å². The lowest BCUT2D eigenvalue weighted by molar-refractivity contribution is -0.122. The highest BCUT2D eigenvalue weighted by molar-refractivity contribution is 7.80. The molecule has 0 radical (unpaired) electrons. The third-order valence-electron chi connectivity index (χ3n) is 2.97. The van der Waals surface area contributed by atoms with E-state index < -0.39 is 11.6 Å². The van der Waals surface area contributed by atoms with Crippen LogP contribution in [0.3, 0.4) is 0 Å². The molecule has 1 fully saturated rings. The molecule has 7 heteroatoms. The van der Waals surface area contributed by atoms with Crippen LogP contribution in [-0.4, -0.2) is 23.5 Å². The lowest BCUT2D eigenvalue weighted by Crippen LogP contribution is -2.42. The molecular formula is C12H13F2N3OS. The van der Waals surface area contributed by atoms with E-state index in [2.05, 4.69) is 22.9 Å². The first-order chi connectivity index (χ1) is 8.99. The second kappa shape index (κ2) is 5.48. The van der Waals surface area contributed by atoms with Gasteiger partial charge in [0.25, 0.3) is 0 Å². The Kier molecular flexibility index (Phi) is 3.94. The maximum atomic E-state index is 13.8. The minimum atomic E-state index is -1.06. The fourth-order valence-corrected chi connectivity index (χ4v) is 2.08. The van der Waals surface area contributed by atoms with Crippen LogP contribution in [0.5, 0.6) is 0 Å². The van der Waals surface area contributed by atoms with E-state index in [0.29, 0.717) is 19.4 Å². The Bertz CT molecular complexity index is 526. The monoisotopic (exact) mass is 285 g/mol. The Morgan fingerprint density at radius 2 is 2.16 bits per heavy atom. The van der Waals surface area contributed by atoms with Crippen molar-refractivity contribution >= 4 is 28.8 Å². The van der Waals surface area contributed by atoms with Crippen molar-refractivity contribution in [3.05, 3.63) is 29.3 Å². The molecule has 1 unspecified atom stereocenters. The second-order valence-electron chi connectivity index (χ2n) is 4.34. The van der Waals surface area contributed by atoms with Crippen LogP contribution in [-0.2, 0) is 4.79 Å². The van der Waals surface area contributed by atoms with Crippen molar-refractivity contribution in [3.63, 3.8) is 0 Å². The van der Waals surface area contributed by atoms with E-state index in [1.54, 1.807) is 0 Å². The first-order valence-corrected chi connectivity index (χ1v) is 6.21. The molecule has 0 bridgehead atoms. The van der Waals surface area contributed by atoms with E-state index in [-0.39, 0.29) is 28.2 Å². The Hall–Kier alpha value is -1.76. The predicted octanol–water partition coefficient (Wildman–Crippen LogP) is 1.29. The fourth-order valence-electron chi connectivity index (χ4n) is 1.93. The van der Waals surface area contributed by atoms with Crippen LogP contribution in [0.4, 0.5) is 14.5 Å². The first-order valence-electron chi connectivity index (χ1n) is 5.80. The minimum Gasteiger partial charge on any atom is -0.389 e. The second-order valence-corrected chi connectivity index (χ2v) is 4.78. The molecule has 2 rings (SSSR count). The first kappa shape index (κ1) is 13.7. The summed E-state index contributed by atoms with van der Waals surface area (Å²) < 4.78 is 27.5. The molecule has 19 heavy (non-hydrogen) atoms. The number of halogens is 2.